The molecule has 1 rings (SSSR count). The van der Waals surface area contributed by atoms with Crippen LogP contribution in [0.4, 0.5) is 5.82 Å². The third-order valence-electron chi connectivity index (χ3n) is 1.76. The minimum absolute atomic E-state index is 0.00346. The van der Waals surface area contributed by atoms with Crippen LogP contribution in [0.1, 0.15) is 6.42 Å². The van der Waals surface area contributed by atoms with Gasteiger partial charge in [-0.15, -0.1) is 0 Å². The summed E-state index contributed by atoms with van der Waals surface area (Å²) in [7, 11) is -2.01. The molecule has 1 aromatic rings. The van der Waals surface area contributed by atoms with Crippen LogP contribution >= 0.6 is 23.2 Å². The van der Waals surface area contributed by atoms with Crippen molar-refractivity contribution < 1.29 is 13.2 Å². The number of nitrogens with one attached hydrogen (secondary N) is 1. The molecular formula is C8H11Cl2N3O3S. The van der Waals surface area contributed by atoms with Gasteiger partial charge in [0.1, 0.15) is 11.3 Å². The minimum atomic E-state index is -3.51. The number of hydrogen-bond donors (Lipinski definition) is 1. The van der Waals surface area contributed by atoms with Crippen molar-refractivity contribution in [3.05, 3.63) is 16.5 Å². The summed E-state index contributed by atoms with van der Waals surface area (Å²) in [6.45, 7) is 0.360. The number of ether oxygens (including phenoxy) is 1. The molecule has 17 heavy (non-hydrogen) atoms. The van der Waals surface area contributed by atoms with Crippen LogP contribution in [0.25, 0.3) is 0 Å². The van der Waals surface area contributed by atoms with E-state index in [1.807, 2.05) is 0 Å². The van der Waals surface area contributed by atoms with Gasteiger partial charge in [0.2, 0.25) is 10.0 Å². The molecule has 0 bridgehead atoms. The molecule has 0 saturated heterocycles. The molecule has 0 atom stereocenters. The van der Waals surface area contributed by atoms with Crippen molar-refractivity contribution in [2.75, 3.05) is 24.2 Å². The Bertz CT molecular complexity index is 481. The molecule has 0 aliphatic rings. The Labute approximate surface area is 109 Å². The van der Waals surface area contributed by atoms with E-state index in [0.717, 1.165) is 6.33 Å². The molecule has 1 N–H and O–H groups in total. The fourth-order valence-corrected chi connectivity index (χ4v) is 2.39. The molecule has 96 valence electrons. The third kappa shape index (κ3) is 4.63. The molecule has 0 saturated carbocycles. The number of rotatable bonds is 6. The van der Waals surface area contributed by atoms with Gasteiger partial charge in [-0.25, -0.2) is 18.4 Å². The van der Waals surface area contributed by atoms with E-state index in [2.05, 4.69) is 14.7 Å². The highest BCUT2D eigenvalue weighted by Crippen LogP contribution is 2.26. The van der Waals surface area contributed by atoms with Crippen LogP contribution in [0, 0.1) is 0 Å². The second-order valence-corrected chi connectivity index (χ2v) is 5.67. The minimum Gasteiger partial charge on any atom is -0.385 e. The lowest BCUT2D eigenvalue weighted by Gasteiger charge is -2.08. The zero-order valence-electron chi connectivity index (χ0n) is 8.98. The molecule has 1 aromatic heterocycles. The maximum absolute atomic E-state index is 11.6. The predicted octanol–water partition coefficient (Wildman–Crippen LogP) is 1.56. The Morgan fingerprint density at radius 2 is 2.12 bits per heavy atom. The summed E-state index contributed by atoms with van der Waals surface area (Å²) in [4.78, 5) is 7.32. The summed E-state index contributed by atoms with van der Waals surface area (Å²) in [6, 6.07) is 0. The normalized spacial score (nSPS) is 11.5. The summed E-state index contributed by atoms with van der Waals surface area (Å²) >= 11 is 11.4. The van der Waals surface area contributed by atoms with E-state index >= 15 is 0 Å². The Morgan fingerprint density at radius 1 is 1.41 bits per heavy atom. The number of aromatic nitrogens is 2. The first-order valence-corrected chi connectivity index (χ1v) is 7.02. The lowest BCUT2D eigenvalue weighted by molar-refractivity contribution is 0.199. The fourth-order valence-electron chi connectivity index (χ4n) is 1.01. The average Bonchev–Trinajstić information content (AvgIpc) is 2.25. The van der Waals surface area contributed by atoms with Crippen molar-refractivity contribution in [2.24, 2.45) is 0 Å². The molecule has 0 aromatic carbocycles. The Balaban J connectivity index is 2.73. The summed E-state index contributed by atoms with van der Waals surface area (Å²) < 4.78 is 30.2. The van der Waals surface area contributed by atoms with E-state index in [9.17, 15) is 8.42 Å². The molecule has 6 nitrogen and oxygen atoms in total. The Morgan fingerprint density at radius 3 is 2.76 bits per heavy atom. The maximum atomic E-state index is 11.6. The largest absolute Gasteiger partial charge is 0.385 e. The van der Waals surface area contributed by atoms with Crippen molar-refractivity contribution in [2.45, 2.75) is 6.42 Å². The van der Waals surface area contributed by atoms with Gasteiger partial charge in [-0.05, 0) is 6.42 Å². The predicted molar refractivity (Wildman–Crippen MR) is 66.0 cm³/mol. The Kier molecular flexibility index (Phi) is 5.38. The lowest BCUT2D eigenvalue weighted by atomic mass is 10.5. The van der Waals surface area contributed by atoms with Crippen LogP contribution in [0.5, 0.6) is 0 Å². The average molecular weight is 300 g/mol. The van der Waals surface area contributed by atoms with Gasteiger partial charge in [0, 0.05) is 13.7 Å². The number of sulfonamides is 1. The maximum Gasteiger partial charge on any atom is 0.234 e. The van der Waals surface area contributed by atoms with Gasteiger partial charge in [0.15, 0.2) is 11.0 Å². The Hall–Kier alpha value is -0.630. The zero-order valence-corrected chi connectivity index (χ0v) is 11.3. The second-order valence-electron chi connectivity index (χ2n) is 3.09. The van der Waals surface area contributed by atoms with E-state index in [0.29, 0.717) is 13.0 Å². The van der Waals surface area contributed by atoms with E-state index in [1.165, 1.54) is 7.11 Å². The van der Waals surface area contributed by atoms with Gasteiger partial charge in [0.05, 0.1) is 5.75 Å². The van der Waals surface area contributed by atoms with Crippen LogP contribution in [0.3, 0.4) is 0 Å². The molecule has 0 fully saturated rings. The van der Waals surface area contributed by atoms with Crippen molar-refractivity contribution in [1.82, 2.24) is 9.97 Å². The number of hydrogen-bond acceptors (Lipinski definition) is 5. The van der Waals surface area contributed by atoms with E-state index < -0.39 is 10.0 Å². The number of methoxy groups -OCH3 is 1. The SMILES string of the molecule is COCCCS(=O)(=O)Nc1ncnc(Cl)c1Cl. The van der Waals surface area contributed by atoms with Crippen molar-refractivity contribution in [1.29, 1.82) is 0 Å². The van der Waals surface area contributed by atoms with Gasteiger partial charge in [-0.2, -0.15) is 0 Å². The highest BCUT2D eigenvalue weighted by atomic mass is 35.5. The molecule has 0 amide bonds. The molecule has 0 spiro atoms. The smallest absolute Gasteiger partial charge is 0.234 e. The quantitative estimate of drug-likeness (QED) is 0.637. The van der Waals surface area contributed by atoms with Crippen molar-refractivity contribution in [3.8, 4) is 0 Å². The molecule has 0 unspecified atom stereocenters. The molecular weight excluding hydrogens is 289 g/mol. The number of nitrogens with zero attached hydrogens (tertiary/aromatic N) is 2. The van der Waals surface area contributed by atoms with Crippen molar-refractivity contribution >= 4 is 39.0 Å². The van der Waals surface area contributed by atoms with E-state index in [-0.39, 0.29) is 21.7 Å². The van der Waals surface area contributed by atoms with Crippen LogP contribution in [0.2, 0.25) is 10.2 Å². The number of halogens is 2. The van der Waals surface area contributed by atoms with E-state index in [1.54, 1.807) is 0 Å². The third-order valence-corrected chi connectivity index (χ3v) is 3.83. The standard InChI is InChI=1S/C8H11Cl2N3O3S/c1-16-3-2-4-17(14,15)13-8-6(9)7(10)11-5-12-8/h5H,2-4H2,1H3,(H,11,12,13). The van der Waals surface area contributed by atoms with Gasteiger partial charge in [-0.3, -0.25) is 4.72 Å². The molecule has 9 heteroatoms. The highest BCUT2D eigenvalue weighted by Gasteiger charge is 2.15. The fraction of sp³-hybridized carbons (Fsp3) is 0.500. The van der Waals surface area contributed by atoms with Gasteiger partial charge < -0.3 is 4.74 Å². The zero-order chi connectivity index (χ0) is 12.9. The highest BCUT2D eigenvalue weighted by molar-refractivity contribution is 7.92. The van der Waals surface area contributed by atoms with E-state index in [4.69, 9.17) is 27.9 Å². The van der Waals surface area contributed by atoms with Gasteiger partial charge in [0.25, 0.3) is 0 Å². The molecule has 1 heterocycles. The first kappa shape index (κ1) is 14.4. The van der Waals surface area contributed by atoms with Gasteiger partial charge in [-0.1, -0.05) is 23.2 Å². The monoisotopic (exact) mass is 299 g/mol. The van der Waals surface area contributed by atoms with Crippen molar-refractivity contribution in [3.63, 3.8) is 0 Å². The van der Waals surface area contributed by atoms with Crippen LogP contribution in [0.15, 0.2) is 6.33 Å². The molecule has 0 aliphatic carbocycles. The summed E-state index contributed by atoms with van der Waals surface area (Å²) in [5, 5.41) is -0.0271. The molecule has 0 aliphatic heterocycles. The second kappa shape index (κ2) is 6.34. The lowest BCUT2D eigenvalue weighted by Crippen LogP contribution is -2.18. The topological polar surface area (TPSA) is 81.2 Å². The van der Waals surface area contributed by atoms with Crippen LogP contribution in [-0.4, -0.2) is 37.9 Å². The number of anilines is 1. The molecule has 0 radical (unpaired) electrons. The first-order valence-electron chi connectivity index (χ1n) is 4.61. The first-order chi connectivity index (χ1) is 7.96. The summed E-state index contributed by atoms with van der Waals surface area (Å²) in [5.74, 6) is -0.109. The van der Waals surface area contributed by atoms with Gasteiger partial charge >= 0.3 is 0 Å². The summed E-state index contributed by atoms with van der Waals surface area (Å²) in [5.41, 5.74) is 0. The van der Waals surface area contributed by atoms with Crippen LogP contribution < -0.4 is 4.72 Å². The summed E-state index contributed by atoms with van der Waals surface area (Å²) in [6.07, 6.45) is 1.50. The van der Waals surface area contributed by atoms with Crippen LogP contribution in [-0.2, 0) is 14.8 Å².